The van der Waals surface area contributed by atoms with Crippen molar-refractivity contribution in [1.29, 1.82) is 5.26 Å². The monoisotopic (exact) mass is 447 g/mol. The van der Waals surface area contributed by atoms with Crippen molar-refractivity contribution in [2.45, 2.75) is 44.4 Å². The van der Waals surface area contributed by atoms with Crippen molar-refractivity contribution in [1.82, 2.24) is 14.9 Å². The predicted molar refractivity (Wildman–Crippen MR) is 125 cm³/mol. The number of carbonyl (C=O) groups is 2. The van der Waals surface area contributed by atoms with E-state index in [1.54, 1.807) is 11.1 Å². The molecule has 3 N–H and O–H groups in total. The van der Waals surface area contributed by atoms with Gasteiger partial charge in [0.05, 0.1) is 12.3 Å². The van der Waals surface area contributed by atoms with Crippen LogP contribution in [0.5, 0.6) is 0 Å². The molecule has 2 aromatic rings. The minimum absolute atomic E-state index is 0.0554. The molecule has 0 aliphatic carbocycles. The van der Waals surface area contributed by atoms with Crippen molar-refractivity contribution < 1.29 is 9.59 Å². The third-order valence-corrected chi connectivity index (χ3v) is 6.40. The molecule has 1 aromatic carbocycles. The van der Waals surface area contributed by atoms with Gasteiger partial charge in [-0.3, -0.25) is 9.59 Å². The number of aromatic nitrogens is 2. The third-order valence-electron chi connectivity index (χ3n) is 6.40. The van der Waals surface area contributed by atoms with Crippen LogP contribution in [0.15, 0.2) is 30.5 Å². The number of nitrogens with one attached hydrogen (secondary N) is 1. The van der Waals surface area contributed by atoms with Crippen LogP contribution in [0.4, 0.5) is 17.3 Å². The summed E-state index contributed by atoms with van der Waals surface area (Å²) in [6, 6.07) is 9.97. The lowest BCUT2D eigenvalue weighted by Gasteiger charge is -2.32. The Morgan fingerprint density at radius 1 is 1.09 bits per heavy atom. The Balaban J connectivity index is 1.44. The number of benzene rings is 1. The number of hydrogen-bond acceptors (Lipinski definition) is 7. The summed E-state index contributed by atoms with van der Waals surface area (Å²) in [5.41, 5.74) is 7.65. The molecule has 1 aromatic heterocycles. The lowest BCUT2D eigenvalue weighted by Crippen LogP contribution is -2.37. The molecular weight excluding hydrogens is 418 g/mol. The summed E-state index contributed by atoms with van der Waals surface area (Å²) < 4.78 is 0. The maximum atomic E-state index is 11.9. The fourth-order valence-electron chi connectivity index (χ4n) is 4.54. The Bertz CT molecular complexity index is 1030. The Labute approximate surface area is 193 Å². The van der Waals surface area contributed by atoms with Gasteiger partial charge in [-0.25, -0.2) is 9.97 Å². The minimum Gasteiger partial charge on any atom is -0.364 e. The van der Waals surface area contributed by atoms with E-state index in [1.165, 1.54) is 12.0 Å². The lowest BCUT2D eigenvalue weighted by atomic mass is 9.89. The molecule has 33 heavy (non-hydrogen) atoms. The van der Waals surface area contributed by atoms with E-state index in [2.05, 4.69) is 32.3 Å². The van der Waals surface area contributed by atoms with Gasteiger partial charge in [0.2, 0.25) is 5.91 Å². The molecule has 0 spiro atoms. The highest BCUT2D eigenvalue weighted by Crippen LogP contribution is 2.30. The van der Waals surface area contributed by atoms with Gasteiger partial charge in [-0.15, -0.1) is 0 Å². The third kappa shape index (κ3) is 5.40. The van der Waals surface area contributed by atoms with E-state index >= 15 is 0 Å². The fraction of sp³-hybridized carbons (Fsp3) is 0.458. The first-order chi connectivity index (χ1) is 16.0. The molecule has 172 valence electrons. The van der Waals surface area contributed by atoms with E-state index in [-0.39, 0.29) is 18.0 Å². The van der Waals surface area contributed by atoms with Gasteiger partial charge >= 0.3 is 0 Å². The highest BCUT2D eigenvalue weighted by Gasteiger charge is 2.24. The molecule has 0 saturated carbocycles. The van der Waals surface area contributed by atoms with Gasteiger partial charge in [0, 0.05) is 31.9 Å². The van der Waals surface area contributed by atoms with Gasteiger partial charge in [-0.05, 0) is 55.7 Å². The van der Waals surface area contributed by atoms with Crippen LogP contribution in [0.25, 0.3) is 0 Å². The Hall–Kier alpha value is -3.67. The molecule has 9 heteroatoms. The second-order valence-corrected chi connectivity index (χ2v) is 8.57. The van der Waals surface area contributed by atoms with Gasteiger partial charge < -0.3 is 20.9 Å². The van der Waals surface area contributed by atoms with E-state index in [0.717, 1.165) is 50.3 Å². The molecule has 0 atom stereocenters. The van der Waals surface area contributed by atoms with Gasteiger partial charge in [-0.1, -0.05) is 12.1 Å². The fourth-order valence-corrected chi connectivity index (χ4v) is 4.54. The highest BCUT2D eigenvalue weighted by atomic mass is 16.2. The van der Waals surface area contributed by atoms with Crippen molar-refractivity contribution in [2.75, 3.05) is 36.4 Å². The van der Waals surface area contributed by atoms with Crippen LogP contribution in [0.1, 0.15) is 60.5 Å². The van der Waals surface area contributed by atoms with E-state index in [9.17, 15) is 9.59 Å². The highest BCUT2D eigenvalue weighted by molar-refractivity contribution is 5.96. The molecule has 3 heterocycles. The van der Waals surface area contributed by atoms with Crippen LogP contribution >= 0.6 is 0 Å². The van der Waals surface area contributed by atoms with Crippen LogP contribution in [0.2, 0.25) is 0 Å². The van der Waals surface area contributed by atoms with Crippen molar-refractivity contribution in [3.63, 3.8) is 0 Å². The predicted octanol–water partition coefficient (Wildman–Crippen LogP) is 2.93. The van der Waals surface area contributed by atoms with Crippen molar-refractivity contribution in [3.05, 3.63) is 41.7 Å². The van der Waals surface area contributed by atoms with Crippen molar-refractivity contribution in [2.24, 2.45) is 5.73 Å². The normalized spacial score (nSPS) is 16.8. The van der Waals surface area contributed by atoms with Crippen LogP contribution in [0.3, 0.4) is 0 Å². The van der Waals surface area contributed by atoms with E-state index < -0.39 is 5.91 Å². The maximum absolute atomic E-state index is 11.9. The summed E-state index contributed by atoms with van der Waals surface area (Å²) in [5.74, 6) is 0.769. The minimum atomic E-state index is -0.621. The van der Waals surface area contributed by atoms with Gasteiger partial charge in [0.1, 0.15) is 12.2 Å². The van der Waals surface area contributed by atoms with Gasteiger partial charge in [0.15, 0.2) is 11.5 Å². The first kappa shape index (κ1) is 22.5. The van der Waals surface area contributed by atoms with Crippen LogP contribution < -0.4 is 16.0 Å². The number of nitrogens with two attached hydrogens (primary N) is 1. The van der Waals surface area contributed by atoms with Crippen molar-refractivity contribution >= 4 is 29.1 Å². The number of rotatable bonds is 6. The molecule has 2 saturated heterocycles. The first-order valence-electron chi connectivity index (χ1n) is 11.5. The lowest BCUT2D eigenvalue weighted by molar-refractivity contribution is -0.131. The number of piperidine rings is 2. The zero-order chi connectivity index (χ0) is 23.2. The Kier molecular flexibility index (Phi) is 7.03. The molecule has 0 radical (unpaired) electrons. The van der Waals surface area contributed by atoms with E-state index in [4.69, 9.17) is 11.0 Å². The summed E-state index contributed by atoms with van der Waals surface area (Å²) in [5, 5.41) is 11.9. The average molecular weight is 448 g/mol. The van der Waals surface area contributed by atoms with E-state index in [0.29, 0.717) is 24.8 Å². The molecule has 2 fully saturated rings. The summed E-state index contributed by atoms with van der Waals surface area (Å²) in [6.45, 7) is 3.21. The smallest absolute Gasteiger partial charge is 0.271 e. The number of likely N-dealkylation sites (tertiary alicyclic amines) is 1. The maximum Gasteiger partial charge on any atom is 0.271 e. The van der Waals surface area contributed by atoms with Gasteiger partial charge in [0.25, 0.3) is 5.91 Å². The van der Waals surface area contributed by atoms with Gasteiger partial charge in [-0.2, -0.15) is 5.26 Å². The van der Waals surface area contributed by atoms with E-state index in [1.807, 2.05) is 18.2 Å². The number of nitriles is 1. The van der Waals surface area contributed by atoms with Crippen molar-refractivity contribution in [3.8, 4) is 6.07 Å². The Morgan fingerprint density at radius 2 is 1.79 bits per heavy atom. The molecule has 2 aliphatic rings. The summed E-state index contributed by atoms with van der Waals surface area (Å²) in [7, 11) is 0. The first-order valence-corrected chi connectivity index (χ1v) is 11.5. The quantitative estimate of drug-likeness (QED) is 0.697. The molecule has 4 rings (SSSR count). The Morgan fingerprint density at radius 3 is 2.42 bits per heavy atom. The standard InChI is InChI=1S/C24H29N7O2/c25-11-8-21(32)31-14-9-18(10-15-31)17-4-6-19(7-5-17)28-24-22(23(26)33)27-16-20(29-24)30-12-2-1-3-13-30/h4-7,16,18H,1-3,8-10,12-15H2,(H2,26,33)(H,28,29). The molecule has 2 aliphatic heterocycles. The topological polar surface area (TPSA) is 128 Å². The molecule has 2 amide bonds. The average Bonchev–Trinajstić information content (AvgIpc) is 2.85. The van der Waals surface area contributed by atoms with Crippen LogP contribution in [0, 0.1) is 11.3 Å². The summed E-state index contributed by atoms with van der Waals surface area (Å²) >= 11 is 0. The number of amides is 2. The number of anilines is 3. The SMILES string of the molecule is N#CCC(=O)N1CCC(c2ccc(Nc3nc(N4CCCCC4)cnc3C(N)=O)cc2)CC1. The largest absolute Gasteiger partial charge is 0.364 e. The number of nitrogens with zero attached hydrogens (tertiary/aromatic N) is 5. The zero-order valence-electron chi connectivity index (χ0n) is 18.7. The zero-order valence-corrected chi connectivity index (χ0v) is 18.7. The van der Waals surface area contributed by atoms with Crippen LogP contribution in [-0.4, -0.2) is 52.9 Å². The van der Waals surface area contributed by atoms with Crippen LogP contribution in [-0.2, 0) is 4.79 Å². The number of hydrogen-bond donors (Lipinski definition) is 2. The summed E-state index contributed by atoms with van der Waals surface area (Å²) in [4.78, 5) is 36.7. The molecule has 0 unspecified atom stereocenters. The number of primary amides is 1. The second-order valence-electron chi connectivity index (χ2n) is 8.57. The number of carbonyl (C=O) groups excluding carboxylic acids is 2. The summed E-state index contributed by atoms with van der Waals surface area (Å²) in [6.07, 6.45) is 6.77. The molecular formula is C24H29N7O2. The molecule has 0 bridgehead atoms. The second kappa shape index (κ2) is 10.3. The molecule has 9 nitrogen and oxygen atoms in total.